The first-order chi connectivity index (χ1) is 12.1. The Balaban J connectivity index is 2.24. The van der Waals surface area contributed by atoms with Crippen LogP contribution in [0.2, 0.25) is 0 Å². The summed E-state index contributed by atoms with van der Waals surface area (Å²) < 4.78 is 5.22. The average molecular weight is 333 g/mol. The van der Waals surface area contributed by atoms with Gasteiger partial charge in [0.2, 0.25) is 0 Å². The molecule has 2 N–H and O–H groups in total. The molecule has 1 aliphatic carbocycles. The van der Waals surface area contributed by atoms with Crippen molar-refractivity contribution in [3.63, 3.8) is 0 Å². The van der Waals surface area contributed by atoms with Crippen molar-refractivity contribution in [1.82, 2.24) is 4.90 Å². The van der Waals surface area contributed by atoms with Gasteiger partial charge in [-0.3, -0.25) is 4.90 Å². The van der Waals surface area contributed by atoms with E-state index in [1.165, 1.54) is 6.26 Å². The molecule has 0 saturated carbocycles. The number of hydrogen-bond acceptors (Lipinski definition) is 6. The van der Waals surface area contributed by atoms with E-state index < -0.39 is 11.3 Å². The molecule has 0 fully saturated rings. The van der Waals surface area contributed by atoms with Gasteiger partial charge in [0.05, 0.1) is 35.9 Å². The molecule has 3 rings (SSSR count). The fourth-order valence-corrected chi connectivity index (χ4v) is 4.07. The molecule has 126 valence electrons. The maximum atomic E-state index is 9.89. The predicted octanol–water partition coefficient (Wildman–Crippen LogP) is 2.41. The van der Waals surface area contributed by atoms with Gasteiger partial charge in [0.25, 0.3) is 0 Å². The Kier molecular flexibility index (Phi) is 4.36. The van der Waals surface area contributed by atoms with Crippen molar-refractivity contribution < 1.29 is 4.42 Å². The Labute approximate surface area is 147 Å². The molecule has 2 atom stereocenters. The van der Waals surface area contributed by atoms with Gasteiger partial charge >= 0.3 is 0 Å². The van der Waals surface area contributed by atoms with Crippen molar-refractivity contribution in [2.24, 2.45) is 17.1 Å². The summed E-state index contributed by atoms with van der Waals surface area (Å²) in [4.78, 5) is 2.28. The first-order valence-electron chi connectivity index (χ1n) is 8.30. The number of fused-ring (bicyclic) bond motifs is 1. The van der Waals surface area contributed by atoms with E-state index in [1.54, 1.807) is 12.3 Å². The lowest BCUT2D eigenvalue weighted by atomic mass is 9.58. The third-order valence-electron chi connectivity index (χ3n) is 5.18. The van der Waals surface area contributed by atoms with Crippen LogP contribution in [-0.4, -0.2) is 24.5 Å². The average Bonchev–Trinajstić information content (AvgIpc) is 3.15. The van der Waals surface area contributed by atoms with Gasteiger partial charge in [-0.15, -0.1) is 0 Å². The summed E-state index contributed by atoms with van der Waals surface area (Å²) in [6, 6.07) is 8.14. The smallest absolute Gasteiger partial charge is 0.191 e. The second-order valence-corrected chi connectivity index (χ2v) is 6.49. The van der Waals surface area contributed by atoms with Crippen molar-refractivity contribution in [3.8, 4) is 18.2 Å². The van der Waals surface area contributed by atoms with Gasteiger partial charge in [0, 0.05) is 24.9 Å². The minimum Gasteiger partial charge on any atom is -0.472 e. The third kappa shape index (κ3) is 2.41. The number of nitrogens with two attached hydrogens (primary N) is 1. The number of nitrogens with zero attached hydrogens (tertiary/aromatic N) is 4. The fraction of sp³-hybridized carbons (Fsp3) is 0.421. The van der Waals surface area contributed by atoms with E-state index in [1.807, 2.05) is 6.08 Å². The highest BCUT2D eigenvalue weighted by atomic mass is 16.3. The van der Waals surface area contributed by atoms with E-state index in [0.29, 0.717) is 6.54 Å². The normalized spacial score (nSPS) is 25.3. The second-order valence-electron chi connectivity index (χ2n) is 6.49. The summed E-state index contributed by atoms with van der Waals surface area (Å²) in [7, 11) is 0. The Bertz CT molecular complexity index is 830. The lowest BCUT2D eigenvalue weighted by molar-refractivity contribution is 0.207. The van der Waals surface area contributed by atoms with Gasteiger partial charge < -0.3 is 10.2 Å². The molecule has 6 heteroatoms. The highest BCUT2D eigenvalue weighted by molar-refractivity contribution is 5.59. The summed E-state index contributed by atoms with van der Waals surface area (Å²) in [5.41, 5.74) is 6.58. The van der Waals surface area contributed by atoms with Crippen LogP contribution in [0.25, 0.3) is 0 Å². The highest BCUT2D eigenvalue weighted by Gasteiger charge is 2.54. The molecule has 2 heterocycles. The maximum Gasteiger partial charge on any atom is 0.191 e. The molecule has 6 nitrogen and oxygen atoms in total. The van der Waals surface area contributed by atoms with Crippen molar-refractivity contribution in [2.45, 2.75) is 19.3 Å². The molecule has 2 aliphatic rings. The van der Waals surface area contributed by atoms with E-state index in [2.05, 4.69) is 30.0 Å². The quantitative estimate of drug-likeness (QED) is 0.908. The maximum absolute atomic E-state index is 9.89. The molecule has 1 aliphatic heterocycles. The minimum absolute atomic E-state index is 0.0534. The van der Waals surface area contributed by atoms with Crippen molar-refractivity contribution in [3.05, 3.63) is 47.1 Å². The monoisotopic (exact) mass is 333 g/mol. The highest BCUT2D eigenvalue weighted by Crippen LogP contribution is 2.54. The van der Waals surface area contributed by atoms with Crippen molar-refractivity contribution >= 4 is 0 Å². The molecule has 0 bridgehead atoms. The van der Waals surface area contributed by atoms with E-state index in [4.69, 9.17) is 10.2 Å². The number of rotatable bonds is 3. The Morgan fingerprint density at radius 3 is 2.68 bits per heavy atom. The molecule has 25 heavy (non-hydrogen) atoms. The summed E-state index contributed by atoms with van der Waals surface area (Å²) in [5, 5.41) is 29.4. The Hall–Kier alpha value is -3.01. The first kappa shape index (κ1) is 16.8. The topological polar surface area (TPSA) is 114 Å². The summed E-state index contributed by atoms with van der Waals surface area (Å²) in [6.07, 6.45) is 6.12. The third-order valence-corrected chi connectivity index (χ3v) is 5.18. The van der Waals surface area contributed by atoms with Crippen LogP contribution in [0.5, 0.6) is 0 Å². The largest absolute Gasteiger partial charge is 0.472 e. The van der Waals surface area contributed by atoms with Crippen LogP contribution in [0.15, 0.2) is 45.9 Å². The van der Waals surface area contributed by atoms with Gasteiger partial charge in [-0.1, -0.05) is 13.0 Å². The fourth-order valence-electron chi connectivity index (χ4n) is 4.07. The summed E-state index contributed by atoms with van der Waals surface area (Å²) in [5.74, 6) is -0.622. The molecule has 1 aromatic rings. The van der Waals surface area contributed by atoms with Gasteiger partial charge in [-0.05, 0) is 30.2 Å². The van der Waals surface area contributed by atoms with Crippen LogP contribution in [0.1, 0.15) is 24.8 Å². The number of furan rings is 1. The van der Waals surface area contributed by atoms with Crippen LogP contribution in [-0.2, 0) is 0 Å². The number of allylic oxidation sites excluding steroid dienone is 2. The van der Waals surface area contributed by atoms with Gasteiger partial charge in [0.15, 0.2) is 5.41 Å². The molecular formula is C19H19N5O. The Morgan fingerprint density at radius 1 is 1.36 bits per heavy atom. The van der Waals surface area contributed by atoms with Crippen LogP contribution in [0.3, 0.4) is 0 Å². The van der Waals surface area contributed by atoms with Crippen LogP contribution < -0.4 is 5.73 Å². The standard InChI is InChI=1S/C19H19N5O/c1-2-5-24-6-3-14-15(8-20)18(23)19(11-21,12-22)17(16(14)9-24)13-4-7-25-10-13/h3-4,7,10,16-17H,2,5-6,9,23H2,1H3/t16-,17-/m0/s1. The Morgan fingerprint density at radius 2 is 2.12 bits per heavy atom. The van der Waals surface area contributed by atoms with E-state index in [0.717, 1.165) is 30.6 Å². The van der Waals surface area contributed by atoms with Gasteiger partial charge in [0.1, 0.15) is 6.07 Å². The van der Waals surface area contributed by atoms with Crippen LogP contribution >= 0.6 is 0 Å². The zero-order valence-corrected chi connectivity index (χ0v) is 14.1. The lowest BCUT2D eigenvalue weighted by Gasteiger charge is -2.45. The molecule has 1 aromatic heterocycles. The van der Waals surface area contributed by atoms with Crippen molar-refractivity contribution in [2.75, 3.05) is 19.6 Å². The van der Waals surface area contributed by atoms with Gasteiger partial charge in [-0.2, -0.15) is 15.8 Å². The predicted molar refractivity (Wildman–Crippen MR) is 90.2 cm³/mol. The van der Waals surface area contributed by atoms with E-state index in [9.17, 15) is 15.8 Å². The second kappa shape index (κ2) is 6.48. The molecule has 0 aromatic carbocycles. The van der Waals surface area contributed by atoms with Crippen LogP contribution in [0.4, 0.5) is 0 Å². The zero-order valence-electron chi connectivity index (χ0n) is 14.1. The molecule has 0 spiro atoms. The number of nitriles is 3. The SMILES string of the molecule is CCCN1CC=C2C(C#N)=C(N)C(C#N)(C#N)[C@@H](c3ccoc3)[C@H]2C1. The van der Waals surface area contributed by atoms with Crippen LogP contribution in [0, 0.1) is 45.3 Å². The summed E-state index contributed by atoms with van der Waals surface area (Å²) in [6.45, 7) is 4.45. The van der Waals surface area contributed by atoms with Gasteiger partial charge in [-0.25, -0.2) is 0 Å². The molecular weight excluding hydrogens is 314 g/mol. The van der Waals surface area contributed by atoms with Crippen molar-refractivity contribution in [1.29, 1.82) is 15.8 Å². The molecule has 0 unspecified atom stereocenters. The van der Waals surface area contributed by atoms with E-state index in [-0.39, 0.29) is 17.2 Å². The first-order valence-corrected chi connectivity index (χ1v) is 8.30. The molecule has 0 amide bonds. The molecule has 0 radical (unpaired) electrons. The molecule has 0 saturated heterocycles. The van der Waals surface area contributed by atoms with E-state index >= 15 is 0 Å². The minimum atomic E-state index is -1.58. The zero-order chi connectivity index (χ0) is 18.0. The summed E-state index contributed by atoms with van der Waals surface area (Å²) >= 11 is 0. The lowest BCUT2D eigenvalue weighted by Crippen LogP contribution is -2.48. The number of hydrogen-bond donors (Lipinski definition) is 1.